The molecule has 3 aromatic rings. The number of fused-ring (bicyclic) bond motifs is 1. The summed E-state index contributed by atoms with van der Waals surface area (Å²) in [5.41, 5.74) is 1.31. The van der Waals surface area contributed by atoms with E-state index in [0.29, 0.717) is 18.3 Å². The first-order chi connectivity index (χ1) is 11.2. The molecule has 0 aliphatic carbocycles. The topological polar surface area (TPSA) is 55.4 Å². The van der Waals surface area contributed by atoms with Gasteiger partial charge in [0.1, 0.15) is 17.2 Å². The molecule has 0 saturated carbocycles. The summed E-state index contributed by atoms with van der Waals surface area (Å²) in [7, 11) is 0. The lowest BCUT2D eigenvalue weighted by Crippen LogP contribution is -2.41. The lowest BCUT2D eigenvalue weighted by molar-refractivity contribution is 0.0673. The van der Waals surface area contributed by atoms with Crippen molar-refractivity contribution >= 4 is 11.6 Å². The minimum Gasteiger partial charge on any atom is -0.335 e. The second-order valence-electron chi connectivity index (χ2n) is 6.02. The maximum atomic E-state index is 12.8. The molecule has 1 saturated heterocycles. The molecule has 4 heterocycles. The molecule has 118 valence electrons. The van der Waals surface area contributed by atoms with E-state index in [1.54, 1.807) is 0 Å². The van der Waals surface area contributed by atoms with Gasteiger partial charge in [-0.2, -0.15) is 0 Å². The Hall–Kier alpha value is -2.63. The number of nitrogens with zero attached hydrogens (tertiary/aromatic N) is 5. The van der Waals surface area contributed by atoms with Crippen LogP contribution in [0.1, 0.15) is 35.2 Å². The van der Waals surface area contributed by atoms with Crippen molar-refractivity contribution in [3.63, 3.8) is 0 Å². The Morgan fingerprint density at radius 2 is 2.22 bits per heavy atom. The number of pyridine rings is 1. The highest BCUT2D eigenvalue weighted by Crippen LogP contribution is 2.23. The minimum atomic E-state index is 0.0103. The van der Waals surface area contributed by atoms with Crippen LogP contribution in [0.2, 0.25) is 0 Å². The SMILES string of the molecule is Cc1nccn1[C@H]1CCCN(C(=O)c2cn3ccccc3n2)C1. The second-order valence-corrected chi connectivity index (χ2v) is 6.02. The fourth-order valence-electron chi connectivity index (χ4n) is 3.34. The predicted molar refractivity (Wildman–Crippen MR) is 86.3 cm³/mol. The van der Waals surface area contributed by atoms with Crippen molar-refractivity contribution < 1.29 is 4.79 Å². The molecule has 1 aliphatic heterocycles. The maximum Gasteiger partial charge on any atom is 0.274 e. The molecule has 0 aromatic carbocycles. The summed E-state index contributed by atoms with van der Waals surface area (Å²) in [6.45, 7) is 3.50. The number of carbonyl (C=O) groups excluding carboxylic acids is 1. The summed E-state index contributed by atoms with van der Waals surface area (Å²) in [6, 6.07) is 6.06. The number of likely N-dealkylation sites (tertiary alicyclic amines) is 1. The van der Waals surface area contributed by atoms with Gasteiger partial charge in [-0.15, -0.1) is 0 Å². The van der Waals surface area contributed by atoms with E-state index in [0.717, 1.165) is 30.9 Å². The molecule has 0 unspecified atom stereocenters. The van der Waals surface area contributed by atoms with Gasteiger partial charge in [-0.05, 0) is 31.9 Å². The molecule has 1 atom stereocenters. The molecule has 6 nitrogen and oxygen atoms in total. The van der Waals surface area contributed by atoms with E-state index in [2.05, 4.69) is 14.5 Å². The molecule has 0 radical (unpaired) electrons. The van der Waals surface area contributed by atoms with Crippen LogP contribution >= 0.6 is 0 Å². The highest BCUT2D eigenvalue weighted by atomic mass is 16.2. The zero-order valence-corrected chi connectivity index (χ0v) is 13.1. The van der Waals surface area contributed by atoms with Gasteiger partial charge < -0.3 is 13.9 Å². The minimum absolute atomic E-state index is 0.0103. The highest BCUT2D eigenvalue weighted by molar-refractivity contribution is 5.93. The molecule has 1 amide bonds. The molecule has 4 rings (SSSR count). The summed E-state index contributed by atoms with van der Waals surface area (Å²) in [6.07, 6.45) is 9.61. The molecule has 1 fully saturated rings. The monoisotopic (exact) mass is 309 g/mol. The molecule has 0 N–H and O–H groups in total. The van der Waals surface area contributed by atoms with Gasteiger partial charge in [0.25, 0.3) is 5.91 Å². The Labute approximate surface area is 134 Å². The van der Waals surface area contributed by atoms with Gasteiger partial charge in [-0.3, -0.25) is 4.79 Å². The molecule has 0 bridgehead atoms. The molecule has 23 heavy (non-hydrogen) atoms. The van der Waals surface area contributed by atoms with E-state index in [1.807, 2.05) is 59.2 Å². The van der Waals surface area contributed by atoms with Crippen LogP contribution in [0.3, 0.4) is 0 Å². The van der Waals surface area contributed by atoms with Gasteiger partial charge in [-0.25, -0.2) is 9.97 Å². The summed E-state index contributed by atoms with van der Waals surface area (Å²) in [5.74, 6) is 1.01. The van der Waals surface area contributed by atoms with Gasteiger partial charge >= 0.3 is 0 Å². The number of aromatic nitrogens is 4. The van der Waals surface area contributed by atoms with Gasteiger partial charge in [0, 0.05) is 37.9 Å². The Morgan fingerprint density at radius 3 is 3.00 bits per heavy atom. The van der Waals surface area contributed by atoms with E-state index in [-0.39, 0.29) is 5.91 Å². The van der Waals surface area contributed by atoms with E-state index in [4.69, 9.17) is 0 Å². The van der Waals surface area contributed by atoms with E-state index >= 15 is 0 Å². The molecule has 1 aliphatic rings. The lowest BCUT2D eigenvalue weighted by Gasteiger charge is -2.33. The molecule has 3 aromatic heterocycles. The van der Waals surface area contributed by atoms with Crippen molar-refractivity contribution in [2.75, 3.05) is 13.1 Å². The normalized spacial score (nSPS) is 18.5. The van der Waals surface area contributed by atoms with Crippen LogP contribution in [0, 0.1) is 6.92 Å². The average molecular weight is 309 g/mol. The number of hydrogen-bond donors (Lipinski definition) is 0. The Kier molecular flexibility index (Phi) is 3.37. The largest absolute Gasteiger partial charge is 0.335 e. The van der Waals surface area contributed by atoms with E-state index in [1.165, 1.54) is 0 Å². The van der Waals surface area contributed by atoms with Crippen LogP contribution in [0.25, 0.3) is 5.65 Å². The van der Waals surface area contributed by atoms with E-state index < -0.39 is 0 Å². The number of hydrogen-bond acceptors (Lipinski definition) is 3. The summed E-state index contributed by atoms with van der Waals surface area (Å²) >= 11 is 0. The summed E-state index contributed by atoms with van der Waals surface area (Å²) in [5, 5.41) is 0. The summed E-state index contributed by atoms with van der Waals surface area (Å²) in [4.78, 5) is 23.4. The lowest BCUT2D eigenvalue weighted by atomic mass is 10.1. The average Bonchev–Trinajstić information content (AvgIpc) is 3.20. The fourth-order valence-corrected chi connectivity index (χ4v) is 3.34. The number of imidazole rings is 2. The highest BCUT2D eigenvalue weighted by Gasteiger charge is 2.27. The van der Waals surface area contributed by atoms with Crippen molar-refractivity contribution in [1.82, 2.24) is 23.8 Å². The van der Waals surface area contributed by atoms with Crippen LogP contribution in [0.4, 0.5) is 0 Å². The number of carbonyl (C=O) groups is 1. The predicted octanol–water partition coefficient (Wildman–Crippen LogP) is 2.32. The van der Waals surface area contributed by atoms with Crippen molar-refractivity contribution in [2.24, 2.45) is 0 Å². The Morgan fingerprint density at radius 1 is 1.30 bits per heavy atom. The molecule has 6 heteroatoms. The maximum absolute atomic E-state index is 12.8. The molecular weight excluding hydrogens is 290 g/mol. The molecular formula is C17H19N5O. The van der Waals surface area contributed by atoms with Crippen molar-refractivity contribution in [1.29, 1.82) is 0 Å². The standard InChI is InChI=1S/C17H19N5O/c1-13-18-7-10-22(13)14-5-4-9-21(11-14)17(23)15-12-20-8-3-2-6-16(20)19-15/h2-3,6-8,10,12,14H,4-5,9,11H2,1H3/t14-/m0/s1. The zero-order chi connectivity index (χ0) is 15.8. The number of rotatable bonds is 2. The van der Waals surface area contributed by atoms with Gasteiger partial charge in [-0.1, -0.05) is 6.07 Å². The first-order valence-electron chi connectivity index (χ1n) is 7.95. The van der Waals surface area contributed by atoms with Crippen molar-refractivity contribution in [3.05, 3.63) is 54.5 Å². The molecule has 0 spiro atoms. The van der Waals surface area contributed by atoms with E-state index in [9.17, 15) is 4.79 Å². The van der Waals surface area contributed by atoms with Crippen LogP contribution < -0.4 is 0 Å². The van der Waals surface area contributed by atoms with Gasteiger partial charge in [0.05, 0.1) is 6.04 Å². The number of amides is 1. The van der Waals surface area contributed by atoms with Crippen LogP contribution in [0.15, 0.2) is 43.0 Å². The quantitative estimate of drug-likeness (QED) is 0.730. The van der Waals surface area contributed by atoms with Crippen LogP contribution in [-0.4, -0.2) is 42.8 Å². The zero-order valence-electron chi connectivity index (χ0n) is 13.1. The van der Waals surface area contributed by atoms with Crippen molar-refractivity contribution in [3.8, 4) is 0 Å². The Balaban J connectivity index is 1.57. The first-order valence-corrected chi connectivity index (χ1v) is 7.95. The van der Waals surface area contributed by atoms with Crippen LogP contribution in [-0.2, 0) is 0 Å². The third-order valence-corrected chi connectivity index (χ3v) is 4.52. The smallest absolute Gasteiger partial charge is 0.274 e. The van der Waals surface area contributed by atoms with Gasteiger partial charge in [0.15, 0.2) is 0 Å². The van der Waals surface area contributed by atoms with Crippen molar-refractivity contribution in [2.45, 2.75) is 25.8 Å². The second kappa shape index (κ2) is 5.53. The third kappa shape index (κ3) is 2.50. The number of piperidine rings is 1. The van der Waals surface area contributed by atoms with Gasteiger partial charge in [0.2, 0.25) is 0 Å². The van der Waals surface area contributed by atoms with Crippen LogP contribution in [0.5, 0.6) is 0 Å². The fraction of sp³-hybridized carbons (Fsp3) is 0.353. The Bertz CT molecular complexity index is 816. The number of aryl methyl sites for hydroxylation is 1. The summed E-state index contributed by atoms with van der Waals surface area (Å²) < 4.78 is 4.05. The third-order valence-electron chi connectivity index (χ3n) is 4.52. The first kappa shape index (κ1) is 14.0.